The molecule has 2 rings (SSSR count). The van der Waals surface area contributed by atoms with Crippen molar-refractivity contribution >= 4 is 11.8 Å². The minimum absolute atomic E-state index is 0.0394. The zero-order valence-corrected chi connectivity index (χ0v) is 12.0. The minimum atomic E-state index is -0.366. The van der Waals surface area contributed by atoms with Crippen molar-refractivity contribution < 1.29 is 14.3 Å². The maximum absolute atomic E-state index is 11.6. The van der Waals surface area contributed by atoms with Gasteiger partial charge in [-0.1, -0.05) is 11.6 Å². The van der Waals surface area contributed by atoms with Crippen LogP contribution in [0.3, 0.4) is 0 Å². The topological polar surface area (TPSA) is 67.4 Å². The Labute approximate surface area is 120 Å². The van der Waals surface area contributed by atoms with Gasteiger partial charge in [-0.05, 0) is 44.9 Å². The Kier molecular flexibility index (Phi) is 6.05. The van der Waals surface area contributed by atoms with E-state index in [4.69, 9.17) is 4.74 Å². The smallest absolute Gasteiger partial charge is 0.249 e. The second kappa shape index (κ2) is 8.04. The van der Waals surface area contributed by atoms with Crippen LogP contribution in [0.4, 0.5) is 0 Å². The van der Waals surface area contributed by atoms with Gasteiger partial charge in [0.25, 0.3) is 0 Å². The lowest BCUT2D eigenvalue weighted by molar-refractivity contribution is -0.132. The van der Waals surface area contributed by atoms with Crippen molar-refractivity contribution in [1.29, 1.82) is 0 Å². The summed E-state index contributed by atoms with van der Waals surface area (Å²) in [5.41, 5.74) is 1.44. The first-order valence-corrected chi connectivity index (χ1v) is 7.59. The molecule has 1 aliphatic heterocycles. The molecule has 1 fully saturated rings. The molecule has 0 radical (unpaired) electrons. The highest BCUT2D eigenvalue weighted by atomic mass is 16.5. The monoisotopic (exact) mass is 280 g/mol. The number of hydrogen-bond acceptors (Lipinski definition) is 3. The third kappa shape index (κ3) is 4.96. The maximum atomic E-state index is 11.6. The quantitative estimate of drug-likeness (QED) is 0.720. The van der Waals surface area contributed by atoms with Crippen molar-refractivity contribution in [2.45, 2.75) is 51.0 Å². The van der Waals surface area contributed by atoms with Gasteiger partial charge in [0.2, 0.25) is 11.8 Å². The molecule has 2 N–H and O–H groups in total. The fourth-order valence-electron chi connectivity index (χ4n) is 2.62. The van der Waals surface area contributed by atoms with Crippen molar-refractivity contribution in [3.63, 3.8) is 0 Å². The van der Waals surface area contributed by atoms with Gasteiger partial charge in [-0.25, -0.2) is 0 Å². The van der Waals surface area contributed by atoms with Gasteiger partial charge in [0, 0.05) is 13.2 Å². The standard InChI is InChI=1S/C15H24N2O3/c18-14(11-17-15(19)13-7-4-10-20-13)16-9-8-12-5-2-1-3-6-12/h5,13H,1-4,6-11H2,(H,16,18)(H,17,19). The van der Waals surface area contributed by atoms with Gasteiger partial charge < -0.3 is 15.4 Å². The van der Waals surface area contributed by atoms with Gasteiger partial charge in [0.15, 0.2) is 0 Å². The Morgan fingerprint density at radius 1 is 1.25 bits per heavy atom. The van der Waals surface area contributed by atoms with Gasteiger partial charge in [-0.15, -0.1) is 0 Å². The number of amides is 2. The number of carbonyl (C=O) groups excluding carboxylic acids is 2. The number of allylic oxidation sites excluding steroid dienone is 1. The van der Waals surface area contributed by atoms with Crippen LogP contribution in [0, 0.1) is 0 Å². The molecule has 1 saturated heterocycles. The number of nitrogens with one attached hydrogen (secondary N) is 2. The van der Waals surface area contributed by atoms with Crippen LogP contribution in [-0.2, 0) is 14.3 Å². The second-order valence-corrected chi connectivity index (χ2v) is 5.43. The molecule has 0 aromatic carbocycles. The van der Waals surface area contributed by atoms with Crippen LogP contribution >= 0.6 is 0 Å². The zero-order valence-electron chi connectivity index (χ0n) is 12.0. The summed E-state index contributed by atoms with van der Waals surface area (Å²) in [6.45, 7) is 1.33. The Balaban J connectivity index is 1.55. The van der Waals surface area contributed by atoms with E-state index in [0.717, 1.165) is 25.7 Å². The summed E-state index contributed by atoms with van der Waals surface area (Å²) in [6, 6.07) is 0. The molecule has 1 aliphatic carbocycles. The normalized spacial score (nSPS) is 22.2. The highest BCUT2D eigenvalue weighted by molar-refractivity contribution is 5.86. The van der Waals surface area contributed by atoms with E-state index in [1.165, 1.54) is 24.8 Å². The summed E-state index contributed by atoms with van der Waals surface area (Å²) in [5.74, 6) is -0.305. The van der Waals surface area contributed by atoms with Crippen LogP contribution in [0.15, 0.2) is 11.6 Å². The van der Waals surface area contributed by atoms with Crippen LogP contribution < -0.4 is 10.6 Å². The summed E-state index contributed by atoms with van der Waals surface area (Å²) >= 11 is 0. The number of rotatable bonds is 6. The molecule has 112 valence electrons. The predicted molar refractivity (Wildman–Crippen MR) is 76.2 cm³/mol. The molecular formula is C15H24N2O3. The first-order chi connectivity index (χ1) is 9.75. The first kappa shape index (κ1) is 15.0. The highest BCUT2D eigenvalue weighted by Crippen LogP contribution is 2.19. The van der Waals surface area contributed by atoms with Crippen LogP contribution in [-0.4, -0.2) is 37.6 Å². The molecular weight excluding hydrogens is 256 g/mol. The summed E-state index contributed by atoms with van der Waals surface area (Å²) in [5, 5.41) is 5.46. The van der Waals surface area contributed by atoms with Crippen molar-refractivity contribution in [3.8, 4) is 0 Å². The van der Waals surface area contributed by atoms with E-state index in [2.05, 4.69) is 16.7 Å². The van der Waals surface area contributed by atoms with Gasteiger partial charge in [-0.2, -0.15) is 0 Å². The SMILES string of the molecule is O=C(CNC(=O)C1CCCO1)NCCC1=CCCCC1. The molecule has 1 unspecified atom stereocenters. The Morgan fingerprint density at radius 2 is 2.15 bits per heavy atom. The molecule has 0 aromatic rings. The Hall–Kier alpha value is -1.36. The molecule has 5 heteroatoms. The highest BCUT2D eigenvalue weighted by Gasteiger charge is 2.23. The van der Waals surface area contributed by atoms with Crippen LogP contribution in [0.1, 0.15) is 44.9 Å². The van der Waals surface area contributed by atoms with Gasteiger partial charge in [0.1, 0.15) is 6.10 Å². The molecule has 2 amide bonds. The summed E-state index contributed by atoms with van der Waals surface area (Å²) in [6.07, 6.45) is 9.38. The average Bonchev–Trinajstić information content (AvgIpc) is 3.00. The third-order valence-electron chi connectivity index (χ3n) is 3.80. The molecule has 1 atom stereocenters. The minimum Gasteiger partial charge on any atom is -0.368 e. The largest absolute Gasteiger partial charge is 0.368 e. The van der Waals surface area contributed by atoms with E-state index < -0.39 is 0 Å². The molecule has 0 spiro atoms. The van der Waals surface area contributed by atoms with Crippen molar-refractivity contribution in [3.05, 3.63) is 11.6 Å². The van der Waals surface area contributed by atoms with Crippen LogP contribution in [0.5, 0.6) is 0 Å². The van der Waals surface area contributed by atoms with Crippen LogP contribution in [0.25, 0.3) is 0 Å². The fraction of sp³-hybridized carbons (Fsp3) is 0.733. The van der Waals surface area contributed by atoms with Crippen LogP contribution in [0.2, 0.25) is 0 Å². The van der Waals surface area contributed by atoms with Crippen molar-refractivity contribution in [1.82, 2.24) is 10.6 Å². The number of ether oxygens (including phenoxy) is 1. The third-order valence-corrected chi connectivity index (χ3v) is 3.80. The maximum Gasteiger partial charge on any atom is 0.249 e. The molecule has 0 aromatic heterocycles. The lowest BCUT2D eigenvalue weighted by atomic mass is 9.97. The molecule has 20 heavy (non-hydrogen) atoms. The van der Waals surface area contributed by atoms with E-state index in [1.807, 2.05) is 0 Å². The van der Waals surface area contributed by atoms with E-state index in [1.54, 1.807) is 0 Å². The Morgan fingerprint density at radius 3 is 2.85 bits per heavy atom. The lowest BCUT2D eigenvalue weighted by Crippen LogP contribution is -2.41. The molecule has 1 heterocycles. The lowest BCUT2D eigenvalue weighted by Gasteiger charge is -2.13. The summed E-state index contributed by atoms with van der Waals surface area (Å²) in [7, 11) is 0. The first-order valence-electron chi connectivity index (χ1n) is 7.59. The second-order valence-electron chi connectivity index (χ2n) is 5.43. The van der Waals surface area contributed by atoms with Crippen molar-refractivity contribution in [2.24, 2.45) is 0 Å². The van der Waals surface area contributed by atoms with Gasteiger partial charge in [0.05, 0.1) is 6.54 Å². The molecule has 0 bridgehead atoms. The van der Waals surface area contributed by atoms with Gasteiger partial charge >= 0.3 is 0 Å². The average molecular weight is 280 g/mol. The summed E-state index contributed by atoms with van der Waals surface area (Å²) in [4.78, 5) is 23.3. The van der Waals surface area contributed by atoms with Gasteiger partial charge in [-0.3, -0.25) is 9.59 Å². The fourth-order valence-corrected chi connectivity index (χ4v) is 2.62. The predicted octanol–water partition coefficient (Wildman–Crippen LogP) is 1.29. The van der Waals surface area contributed by atoms with E-state index in [0.29, 0.717) is 13.2 Å². The molecule has 0 saturated carbocycles. The van der Waals surface area contributed by atoms with E-state index >= 15 is 0 Å². The summed E-state index contributed by atoms with van der Waals surface area (Å²) < 4.78 is 5.26. The van der Waals surface area contributed by atoms with E-state index in [9.17, 15) is 9.59 Å². The zero-order chi connectivity index (χ0) is 14.2. The number of carbonyl (C=O) groups is 2. The molecule has 2 aliphatic rings. The molecule has 5 nitrogen and oxygen atoms in total. The Bertz CT molecular complexity index is 373. The van der Waals surface area contributed by atoms with E-state index in [-0.39, 0.29) is 24.5 Å². The number of hydrogen-bond donors (Lipinski definition) is 2. The van der Waals surface area contributed by atoms with Crippen molar-refractivity contribution in [2.75, 3.05) is 19.7 Å².